The Bertz CT molecular complexity index is 262. The summed E-state index contributed by atoms with van der Waals surface area (Å²) in [5.41, 5.74) is 0. The fourth-order valence-corrected chi connectivity index (χ4v) is 0.926. The lowest BCUT2D eigenvalue weighted by atomic mass is 10.6. The molecule has 0 saturated heterocycles. The van der Waals surface area contributed by atoms with Crippen molar-refractivity contribution in [3.05, 3.63) is 17.4 Å². The number of carbonyl (C=O) groups is 1. The first-order chi connectivity index (χ1) is 5.22. The van der Waals surface area contributed by atoms with E-state index in [1.54, 1.807) is 35.1 Å². The summed E-state index contributed by atoms with van der Waals surface area (Å²) in [6, 6.07) is 1.63. The van der Waals surface area contributed by atoms with Crippen LogP contribution in [-0.2, 0) is 11.3 Å². The van der Waals surface area contributed by atoms with Crippen molar-refractivity contribution < 1.29 is 4.79 Å². The zero-order valence-electron chi connectivity index (χ0n) is 5.42. The number of amides is 1. The Kier molecular flexibility index (Phi) is 3.13. The van der Waals surface area contributed by atoms with E-state index in [4.69, 9.17) is 11.6 Å². The van der Waals surface area contributed by atoms with Gasteiger partial charge >= 0.3 is 0 Å². The maximum absolute atomic E-state index is 10.8. The van der Waals surface area contributed by atoms with E-state index < -0.39 is 0 Å². The van der Waals surface area contributed by atoms with Gasteiger partial charge in [-0.3, -0.25) is 13.0 Å². The topological polar surface area (TPSA) is 46.9 Å². The maximum Gasteiger partial charge on any atom is 0.250 e. The molecule has 0 bridgehead atoms. The van der Waals surface area contributed by atoms with Crippen LogP contribution in [0.25, 0.3) is 0 Å². The van der Waals surface area contributed by atoms with Crippen LogP contribution in [0.2, 0.25) is 5.15 Å². The fourth-order valence-electron chi connectivity index (χ4n) is 0.602. The van der Waals surface area contributed by atoms with Gasteiger partial charge in [-0.25, -0.2) is 0 Å². The standard InChI is InChI=1S/C5H5ClIN3O/c6-4-1-2-10(9-4)3-5(11)8-7/h1-2H,3H2,(H,8,11). The van der Waals surface area contributed by atoms with Crippen molar-refractivity contribution in [1.29, 1.82) is 0 Å². The summed E-state index contributed by atoms with van der Waals surface area (Å²) in [5.74, 6) is -0.106. The molecule has 60 valence electrons. The Morgan fingerprint density at radius 1 is 1.91 bits per heavy atom. The van der Waals surface area contributed by atoms with Gasteiger partial charge in [0.1, 0.15) is 6.54 Å². The van der Waals surface area contributed by atoms with Crippen molar-refractivity contribution in [1.82, 2.24) is 13.3 Å². The van der Waals surface area contributed by atoms with Gasteiger partial charge < -0.3 is 0 Å². The Balaban J connectivity index is 2.57. The summed E-state index contributed by atoms with van der Waals surface area (Å²) in [4.78, 5) is 10.8. The lowest BCUT2D eigenvalue weighted by molar-refractivity contribution is -0.119. The number of carbonyl (C=O) groups excluding carboxylic acids is 1. The smallest absolute Gasteiger partial charge is 0.250 e. The number of nitrogens with zero attached hydrogens (tertiary/aromatic N) is 2. The minimum atomic E-state index is -0.106. The van der Waals surface area contributed by atoms with Gasteiger partial charge in [0.05, 0.1) is 22.9 Å². The highest BCUT2D eigenvalue weighted by Gasteiger charge is 2.00. The van der Waals surface area contributed by atoms with Crippen molar-refractivity contribution in [2.75, 3.05) is 0 Å². The third kappa shape index (κ3) is 2.66. The van der Waals surface area contributed by atoms with Crippen molar-refractivity contribution in [2.24, 2.45) is 0 Å². The lowest BCUT2D eigenvalue weighted by Crippen LogP contribution is -2.19. The molecule has 1 amide bonds. The first-order valence-electron chi connectivity index (χ1n) is 2.81. The maximum atomic E-state index is 10.8. The second kappa shape index (κ2) is 3.91. The highest BCUT2D eigenvalue weighted by molar-refractivity contribution is 14.1. The molecule has 1 rings (SSSR count). The third-order valence-corrected chi connectivity index (χ3v) is 1.82. The highest BCUT2D eigenvalue weighted by atomic mass is 127. The van der Waals surface area contributed by atoms with E-state index in [1.807, 2.05) is 0 Å². The molecule has 0 radical (unpaired) electrons. The lowest BCUT2D eigenvalue weighted by Gasteiger charge is -1.96. The Morgan fingerprint density at radius 3 is 3.09 bits per heavy atom. The normalized spacial score (nSPS) is 9.64. The van der Waals surface area contributed by atoms with Crippen LogP contribution in [0.1, 0.15) is 0 Å². The van der Waals surface area contributed by atoms with Gasteiger partial charge in [-0.2, -0.15) is 5.10 Å². The van der Waals surface area contributed by atoms with Crippen LogP contribution in [0.4, 0.5) is 0 Å². The van der Waals surface area contributed by atoms with Crippen LogP contribution in [0.3, 0.4) is 0 Å². The Labute approximate surface area is 82.4 Å². The Morgan fingerprint density at radius 2 is 2.64 bits per heavy atom. The average Bonchev–Trinajstić information content (AvgIpc) is 2.35. The zero-order chi connectivity index (χ0) is 8.27. The summed E-state index contributed by atoms with van der Waals surface area (Å²) in [6.45, 7) is 0.204. The monoisotopic (exact) mass is 285 g/mol. The number of aromatic nitrogens is 2. The molecule has 6 heteroatoms. The van der Waals surface area contributed by atoms with Crippen LogP contribution < -0.4 is 3.53 Å². The number of halogens is 2. The number of hydrogen-bond donors (Lipinski definition) is 1. The van der Waals surface area contributed by atoms with Crippen LogP contribution >= 0.6 is 34.5 Å². The second-order valence-corrected chi connectivity index (χ2v) is 2.78. The molecular weight excluding hydrogens is 280 g/mol. The highest BCUT2D eigenvalue weighted by Crippen LogP contribution is 2.01. The molecule has 1 aromatic heterocycles. The quantitative estimate of drug-likeness (QED) is 0.651. The second-order valence-electron chi connectivity index (χ2n) is 1.85. The van der Waals surface area contributed by atoms with Gasteiger partial charge in [0, 0.05) is 6.20 Å². The predicted octanol–water partition coefficient (Wildman–Crippen LogP) is 1.00. The molecule has 4 nitrogen and oxygen atoms in total. The van der Waals surface area contributed by atoms with Gasteiger partial charge in [-0.15, -0.1) is 0 Å². The van der Waals surface area contributed by atoms with Gasteiger partial charge in [-0.05, 0) is 6.07 Å². The van der Waals surface area contributed by atoms with Crippen LogP contribution in [-0.4, -0.2) is 15.7 Å². The molecule has 0 aliphatic heterocycles. The SMILES string of the molecule is O=C(Cn1ccc(Cl)n1)NI. The molecule has 0 aliphatic rings. The summed E-state index contributed by atoms with van der Waals surface area (Å²) in [7, 11) is 0. The van der Waals surface area contributed by atoms with Crippen LogP contribution in [0, 0.1) is 0 Å². The summed E-state index contributed by atoms with van der Waals surface area (Å²) >= 11 is 7.29. The zero-order valence-corrected chi connectivity index (χ0v) is 8.33. The van der Waals surface area contributed by atoms with Crippen molar-refractivity contribution in [2.45, 2.75) is 6.54 Å². The molecule has 0 fully saturated rings. The third-order valence-electron chi connectivity index (χ3n) is 1.02. The largest absolute Gasteiger partial charge is 0.297 e. The van der Waals surface area contributed by atoms with Crippen molar-refractivity contribution >= 4 is 40.4 Å². The van der Waals surface area contributed by atoms with Crippen LogP contribution in [0.15, 0.2) is 12.3 Å². The van der Waals surface area contributed by atoms with Crippen LogP contribution in [0.5, 0.6) is 0 Å². The van der Waals surface area contributed by atoms with E-state index in [9.17, 15) is 4.79 Å². The van der Waals surface area contributed by atoms with E-state index in [1.165, 1.54) is 4.68 Å². The van der Waals surface area contributed by atoms with E-state index in [0.717, 1.165) is 0 Å². The fraction of sp³-hybridized carbons (Fsp3) is 0.200. The number of hydrogen-bond acceptors (Lipinski definition) is 2. The molecular formula is C5H5ClIN3O. The molecule has 0 aliphatic carbocycles. The molecule has 0 aromatic carbocycles. The molecule has 1 N–H and O–H groups in total. The van der Waals surface area contributed by atoms with Crippen molar-refractivity contribution in [3.8, 4) is 0 Å². The molecule has 11 heavy (non-hydrogen) atoms. The molecule has 0 spiro atoms. The van der Waals surface area contributed by atoms with Gasteiger partial charge in [0.25, 0.3) is 0 Å². The van der Waals surface area contributed by atoms with Gasteiger partial charge in [-0.1, -0.05) is 11.6 Å². The van der Waals surface area contributed by atoms with E-state index in [0.29, 0.717) is 5.15 Å². The van der Waals surface area contributed by atoms with E-state index in [-0.39, 0.29) is 12.5 Å². The first kappa shape index (κ1) is 8.79. The molecule has 0 atom stereocenters. The summed E-state index contributed by atoms with van der Waals surface area (Å²) in [5, 5.41) is 4.21. The molecule has 1 heterocycles. The molecule has 1 aromatic rings. The number of rotatable bonds is 2. The molecule has 0 unspecified atom stereocenters. The summed E-state index contributed by atoms with van der Waals surface area (Å²) < 4.78 is 3.92. The van der Waals surface area contributed by atoms with Gasteiger partial charge in [0.15, 0.2) is 5.15 Å². The predicted molar refractivity (Wildman–Crippen MR) is 49.4 cm³/mol. The van der Waals surface area contributed by atoms with E-state index in [2.05, 4.69) is 8.63 Å². The number of nitrogens with one attached hydrogen (secondary N) is 1. The minimum Gasteiger partial charge on any atom is -0.297 e. The van der Waals surface area contributed by atoms with E-state index >= 15 is 0 Å². The van der Waals surface area contributed by atoms with Gasteiger partial charge in [0.2, 0.25) is 5.91 Å². The minimum absolute atomic E-state index is 0.106. The van der Waals surface area contributed by atoms with Crippen molar-refractivity contribution in [3.63, 3.8) is 0 Å². The molecule has 0 saturated carbocycles. The Hall–Kier alpha value is -0.300. The first-order valence-corrected chi connectivity index (χ1v) is 4.26. The summed E-state index contributed by atoms with van der Waals surface area (Å²) in [6.07, 6.45) is 1.65. The average molecular weight is 285 g/mol.